The maximum absolute atomic E-state index is 14.2. The minimum Gasteiger partial charge on any atom is -0.496 e. The van der Waals surface area contributed by atoms with Crippen molar-refractivity contribution in [1.29, 1.82) is 0 Å². The number of amides is 4. The van der Waals surface area contributed by atoms with Gasteiger partial charge in [-0.1, -0.05) is 30.3 Å². The van der Waals surface area contributed by atoms with E-state index < -0.39 is 12.2 Å². The number of halogens is 1. The number of para-hydroxylation sites is 1. The Kier molecular flexibility index (Phi) is 13.4. The van der Waals surface area contributed by atoms with E-state index in [1.165, 1.54) is 0 Å². The molecule has 0 aromatic heterocycles. The minimum atomic E-state index is -0.954. The molecule has 1 atom stereocenters. The zero-order valence-corrected chi connectivity index (χ0v) is 33.5. The number of piperidine rings is 3. The van der Waals surface area contributed by atoms with Crippen LogP contribution < -0.4 is 10.1 Å². The number of hydrogen-bond donors (Lipinski definition) is 1. The maximum atomic E-state index is 14.2. The molecule has 0 radical (unpaired) electrons. The smallest absolute Gasteiger partial charge is 0.410 e. The van der Waals surface area contributed by atoms with Gasteiger partial charge in [-0.05, 0) is 135 Å². The van der Waals surface area contributed by atoms with E-state index in [4.69, 9.17) is 14.2 Å². The second-order valence-electron chi connectivity index (χ2n) is 15.0. The number of likely N-dealkylation sites (tertiary alicyclic amines) is 3. The Morgan fingerprint density at radius 1 is 0.868 bits per heavy atom. The van der Waals surface area contributed by atoms with Gasteiger partial charge >= 0.3 is 18.1 Å². The molecule has 2 aromatic rings. The van der Waals surface area contributed by atoms with E-state index in [-0.39, 0.29) is 30.4 Å². The summed E-state index contributed by atoms with van der Waals surface area (Å²) in [6.45, 7) is 8.87. The van der Waals surface area contributed by atoms with Crippen molar-refractivity contribution < 1.29 is 33.4 Å². The van der Waals surface area contributed by atoms with Gasteiger partial charge in [-0.15, -0.1) is 0 Å². The van der Waals surface area contributed by atoms with Crippen LogP contribution in [0, 0.1) is 25.7 Å². The Hall–Kier alpha value is -3.59. The molecule has 3 fully saturated rings. The summed E-state index contributed by atoms with van der Waals surface area (Å²) >= 11 is 2.04. The van der Waals surface area contributed by atoms with Crippen LogP contribution in [0.4, 0.5) is 15.3 Å². The third-order valence-electron chi connectivity index (χ3n) is 11.7. The zero-order valence-electron chi connectivity index (χ0n) is 31.3. The lowest BCUT2D eigenvalue weighted by atomic mass is 9.78. The molecular formula is C40H54IN5O7. The third kappa shape index (κ3) is 9.75. The highest BCUT2D eigenvalue weighted by Crippen LogP contribution is 2.33. The molecule has 2 aromatic carbocycles. The molecule has 0 unspecified atom stereocenters. The van der Waals surface area contributed by atoms with Crippen molar-refractivity contribution in [3.8, 4) is 5.75 Å². The van der Waals surface area contributed by atoms with Crippen LogP contribution in [0.3, 0.4) is 0 Å². The number of rotatable bonds is 10. The van der Waals surface area contributed by atoms with Crippen molar-refractivity contribution in [3.05, 3.63) is 58.7 Å². The molecule has 53 heavy (non-hydrogen) atoms. The summed E-state index contributed by atoms with van der Waals surface area (Å²) in [6.07, 6.45) is 4.81. The number of nitrogens with one attached hydrogen (secondary N) is 1. The molecule has 12 nitrogen and oxygen atoms in total. The van der Waals surface area contributed by atoms with E-state index >= 15 is 0 Å². The topological polar surface area (TPSA) is 121 Å². The number of carbonyl (C=O) groups excluding carboxylic acids is 4. The molecule has 4 aliphatic heterocycles. The lowest BCUT2D eigenvalue weighted by molar-refractivity contribution is -0.142. The van der Waals surface area contributed by atoms with Gasteiger partial charge in [-0.2, -0.15) is 0 Å². The fourth-order valence-corrected chi connectivity index (χ4v) is 9.18. The van der Waals surface area contributed by atoms with E-state index in [2.05, 4.69) is 10.2 Å². The summed E-state index contributed by atoms with van der Waals surface area (Å²) in [5.41, 5.74) is 4.84. The number of fused-ring (bicyclic) bond motifs is 1. The molecule has 1 N–H and O–H groups in total. The first-order valence-corrected chi connectivity index (χ1v) is 20.6. The van der Waals surface area contributed by atoms with Gasteiger partial charge in [0.2, 0.25) is 0 Å². The lowest BCUT2D eigenvalue weighted by Crippen LogP contribution is -2.52. The van der Waals surface area contributed by atoms with Crippen molar-refractivity contribution in [2.24, 2.45) is 11.8 Å². The van der Waals surface area contributed by atoms with Gasteiger partial charge in [0.05, 0.1) is 13.7 Å². The summed E-state index contributed by atoms with van der Waals surface area (Å²) in [7, 11) is 1.65. The normalized spacial score (nSPS) is 19.9. The van der Waals surface area contributed by atoms with E-state index in [9.17, 15) is 19.2 Å². The molecule has 4 amide bonds. The molecule has 3 saturated heterocycles. The summed E-state index contributed by atoms with van der Waals surface area (Å²) in [5, 5.41) is 3.06. The summed E-state index contributed by atoms with van der Waals surface area (Å²) < 4.78 is 17.2. The average molecular weight is 844 g/mol. The van der Waals surface area contributed by atoms with Gasteiger partial charge in [0.25, 0.3) is 5.91 Å². The summed E-state index contributed by atoms with van der Waals surface area (Å²) in [4.78, 5) is 60.7. The lowest BCUT2D eigenvalue weighted by Gasteiger charge is -2.41. The van der Waals surface area contributed by atoms with Crippen molar-refractivity contribution >= 4 is 52.3 Å². The van der Waals surface area contributed by atoms with Crippen molar-refractivity contribution in [3.63, 3.8) is 0 Å². The van der Waals surface area contributed by atoms with Crippen molar-refractivity contribution in [2.45, 2.75) is 77.4 Å². The number of nitrogens with zero attached hydrogens (tertiary/aromatic N) is 4. The number of alkyl halides is 1. The largest absolute Gasteiger partial charge is 0.496 e. The second kappa shape index (κ2) is 18.2. The highest BCUT2D eigenvalue weighted by atomic mass is 127. The predicted octanol–water partition coefficient (Wildman–Crippen LogP) is 5.80. The number of anilines is 1. The van der Waals surface area contributed by atoms with Gasteiger partial charge in [0.1, 0.15) is 10.4 Å². The number of urea groups is 1. The monoisotopic (exact) mass is 843 g/mol. The van der Waals surface area contributed by atoms with E-state index in [1.807, 2.05) is 82.6 Å². The van der Waals surface area contributed by atoms with E-state index in [1.54, 1.807) is 12.0 Å². The van der Waals surface area contributed by atoms with Gasteiger partial charge in [0.15, 0.2) is 6.10 Å². The van der Waals surface area contributed by atoms with Gasteiger partial charge in [-0.25, -0.2) is 9.59 Å². The number of esters is 1. The van der Waals surface area contributed by atoms with Crippen LogP contribution in [0.15, 0.2) is 36.4 Å². The van der Waals surface area contributed by atoms with Gasteiger partial charge in [0, 0.05) is 50.9 Å². The number of methoxy groups -OCH3 is 1. The number of hydrogen-bond acceptors (Lipinski definition) is 8. The molecule has 0 spiro atoms. The zero-order chi connectivity index (χ0) is 37.5. The number of carbonyl (C=O) groups is 4. The fourth-order valence-electron chi connectivity index (χ4n) is 8.83. The number of ether oxygens (including phenoxy) is 3. The van der Waals surface area contributed by atoms with Crippen LogP contribution in [0.5, 0.6) is 5.75 Å². The van der Waals surface area contributed by atoms with Gasteiger partial charge < -0.3 is 34.2 Å². The highest BCUT2D eigenvalue weighted by molar-refractivity contribution is 14.1. The van der Waals surface area contributed by atoms with Gasteiger partial charge in [-0.3, -0.25) is 14.5 Å². The SMILES string of the molecule is COc1c(C)cc(C[C@@H](OC(=O)N2CCC(N3CCc4ccccc4NC3=O)CC2)C(=O)N2CCC(C3CCN(CC(=O)OCI)CC3)CC2)cc1C. The Balaban J connectivity index is 1.06. The second-order valence-corrected chi connectivity index (χ2v) is 15.6. The standard InChI is InChI=1S/C40H54IN5O7/c1-27-22-29(23-28(2)37(27)51-3)24-35(38(48)44-17-10-31(11-18-44)30-8-15-43(16-9-30)25-36(47)52-26-41)53-40(50)45-19-13-33(14-20-45)46-21-12-32-6-4-5-7-34(32)42-39(46)49/h4-7,22-23,30-31,33,35H,8-21,24-26H2,1-3H3,(H,42,49)/t35-/m1/s1. The Morgan fingerprint density at radius 2 is 1.49 bits per heavy atom. The van der Waals surface area contributed by atoms with E-state index in [0.717, 1.165) is 78.9 Å². The minimum absolute atomic E-state index is 0.0156. The predicted molar refractivity (Wildman–Crippen MR) is 210 cm³/mol. The molecule has 288 valence electrons. The average Bonchev–Trinajstić information content (AvgIpc) is 3.32. The van der Waals surface area contributed by atoms with Crippen LogP contribution >= 0.6 is 22.6 Å². The maximum Gasteiger partial charge on any atom is 0.410 e. The van der Waals surface area contributed by atoms with Crippen molar-refractivity contribution in [2.75, 3.05) is 69.4 Å². The highest BCUT2D eigenvalue weighted by Gasteiger charge is 2.37. The first-order valence-electron chi connectivity index (χ1n) is 19.1. The molecular weight excluding hydrogens is 789 g/mol. The molecule has 0 bridgehead atoms. The Morgan fingerprint density at radius 3 is 2.13 bits per heavy atom. The van der Waals surface area contributed by atoms with Crippen LogP contribution in [-0.4, -0.2) is 120 Å². The summed E-state index contributed by atoms with van der Waals surface area (Å²) in [5.74, 6) is 1.59. The third-order valence-corrected chi connectivity index (χ3v) is 12.0. The molecule has 4 heterocycles. The first-order chi connectivity index (χ1) is 25.6. The fraction of sp³-hybridized carbons (Fsp3) is 0.600. The van der Waals surface area contributed by atoms with Crippen LogP contribution in [0.2, 0.25) is 0 Å². The Bertz CT molecular complexity index is 1590. The van der Waals surface area contributed by atoms with Crippen LogP contribution in [-0.2, 0) is 31.9 Å². The van der Waals surface area contributed by atoms with Crippen LogP contribution in [0.1, 0.15) is 60.8 Å². The number of benzene rings is 2. The molecule has 0 aliphatic carbocycles. The molecule has 0 saturated carbocycles. The van der Waals surface area contributed by atoms with Crippen molar-refractivity contribution in [1.82, 2.24) is 19.6 Å². The summed E-state index contributed by atoms with van der Waals surface area (Å²) in [6, 6.07) is 11.8. The quantitative estimate of drug-likeness (QED) is 0.181. The van der Waals surface area contributed by atoms with Crippen LogP contribution in [0.25, 0.3) is 0 Å². The number of aryl methyl sites for hydroxylation is 2. The molecule has 13 heteroatoms. The first kappa shape index (κ1) is 39.1. The molecule has 6 rings (SSSR count). The molecule has 4 aliphatic rings. The van der Waals surface area contributed by atoms with E-state index in [0.29, 0.717) is 68.6 Å². The Labute approximate surface area is 327 Å².